The minimum Gasteiger partial charge on any atom is -0.329 e. The van der Waals surface area contributed by atoms with Crippen molar-refractivity contribution in [1.29, 1.82) is 0 Å². The van der Waals surface area contributed by atoms with Gasteiger partial charge in [-0.15, -0.1) is 0 Å². The quantitative estimate of drug-likeness (QED) is 0.436. The van der Waals surface area contributed by atoms with Crippen molar-refractivity contribution >= 4 is 0 Å². The van der Waals surface area contributed by atoms with Gasteiger partial charge in [0.2, 0.25) is 0 Å². The van der Waals surface area contributed by atoms with Crippen LogP contribution in [0.25, 0.3) is 0 Å². The first-order valence-corrected chi connectivity index (χ1v) is 5.32. The molecule has 0 aromatic carbocycles. The van der Waals surface area contributed by atoms with Crippen LogP contribution >= 0.6 is 0 Å². The van der Waals surface area contributed by atoms with E-state index >= 15 is 0 Å². The molecule has 0 heterocycles. The van der Waals surface area contributed by atoms with E-state index in [1.807, 2.05) is 0 Å². The zero-order valence-electron chi connectivity index (χ0n) is 8.65. The van der Waals surface area contributed by atoms with Crippen molar-refractivity contribution in [1.82, 2.24) is 10.6 Å². The van der Waals surface area contributed by atoms with Gasteiger partial charge in [0, 0.05) is 13.1 Å². The molecular weight excluding hydrogens is 162 g/mol. The Balaban J connectivity index is 2.76. The number of rotatable bonds is 10. The molecule has 0 rings (SSSR count). The number of nitrogens with one attached hydrogen (secondary N) is 2. The second kappa shape index (κ2) is 11.9. The molecule has 0 aromatic heterocycles. The lowest BCUT2D eigenvalue weighted by Crippen LogP contribution is -2.26. The van der Waals surface area contributed by atoms with Crippen molar-refractivity contribution in [2.24, 2.45) is 5.73 Å². The highest BCUT2D eigenvalue weighted by atomic mass is 14.9. The van der Waals surface area contributed by atoms with Crippen LogP contribution in [0, 0.1) is 6.92 Å². The minimum atomic E-state index is 0.733. The number of hydrogen-bond acceptors (Lipinski definition) is 3. The Morgan fingerprint density at radius 2 is 1.46 bits per heavy atom. The second-order valence-electron chi connectivity index (χ2n) is 3.20. The molecular formula is C10H24N3. The first-order chi connectivity index (χ1) is 6.41. The molecule has 0 aliphatic carbocycles. The Kier molecular flexibility index (Phi) is 11.8. The second-order valence-corrected chi connectivity index (χ2v) is 3.20. The fourth-order valence-corrected chi connectivity index (χ4v) is 1.12. The predicted molar refractivity (Wildman–Crippen MR) is 58.6 cm³/mol. The zero-order chi connectivity index (χ0) is 9.78. The van der Waals surface area contributed by atoms with Crippen LogP contribution in [0.1, 0.15) is 25.7 Å². The smallest absolute Gasteiger partial charge is 0.00745 e. The Labute approximate surface area is 82.5 Å². The maximum absolute atomic E-state index is 5.34. The molecule has 3 nitrogen and oxygen atoms in total. The van der Waals surface area contributed by atoms with Gasteiger partial charge >= 0.3 is 0 Å². The van der Waals surface area contributed by atoms with E-state index in [0.717, 1.165) is 39.1 Å². The van der Waals surface area contributed by atoms with E-state index in [1.165, 1.54) is 19.3 Å². The Bertz CT molecular complexity index is 76.2. The van der Waals surface area contributed by atoms with Crippen LogP contribution in [0.3, 0.4) is 0 Å². The molecule has 0 saturated carbocycles. The molecule has 0 saturated heterocycles. The fourth-order valence-electron chi connectivity index (χ4n) is 1.12. The molecule has 0 aliphatic heterocycles. The van der Waals surface area contributed by atoms with Crippen molar-refractivity contribution < 1.29 is 0 Å². The number of unbranched alkanes of at least 4 members (excludes halogenated alkanes) is 2. The molecule has 0 spiro atoms. The molecule has 0 atom stereocenters. The number of nitrogens with two attached hydrogens (primary N) is 1. The van der Waals surface area contributed by atoms with E-state index in [4.69, 9.17) is 5.73 Å². The molecule has 13 heavy (non-hydrogen) atoms. The summed E-state index contributed by atoms with van der Waals surface area (Å²) in [4.78, 5) is 0. The van der Waals surface area contributed by atoms with E-state index in [0.29, 0.717) is 0 Å². The lowest BCUT2D eigenvalue weighted by molar-refractivity contribution is 0.578. The van der Waals surface area contributed by atoms with E-state index in [2.05, 4.69) is 17.6 Å². The summed E-state index contributed by atoms with van der Waals surface area (Å²) in [5, 5.41) is 6.66. The maximum Gasteiger partial charge on any atom is 0.00745 e. The minimum absolute atomic E-state index is 0.733. The van der Waals surface area contributed by atoms with Gasteiger partial charge in [-0.2, -0.15) is 0 Å². The van der Waals surface area contributed by atoms with Gasteiger partial charge in [0.05, 0.1) is 0 Å². The fraction of sp³-hybridized carbons (Fsp3) is 0.900. The summed E-state index contributed by atoms with van der Waals surface area (Å²) in [5.41, 5.74) is 5.34. The molecule has 4 N–H and O–H groups in total. The molecule has 0 bridgehead atoms. The lowest BCUT2D eigenvalue weighted by Gasteiger charge is -2.04. The van der Waals surface area contributed by atoms with E-state index < -0.39 is 0 Å². The Hall–Kier alpha value is -0.120. The average Bonchev–Trinajstić information content (AvgIpc) is 2.16. The SMILES string of the molecule is [CH2]CCCCNCCCNCCN. The third-order valence-electron chi connectivity index (χ3n) is 1.88. The van der Waals surface area contributed by atoms with E-state index in [-0.39, 0.29) is 0 Å². The third kappa shape index (κ3) is 11.9. The summed E-state index contributed by atoms with van der Waals surface area (Å²) in [6, 6.07) is 0. The normalized spacial score (nSPS) is 10.6. The molecule has 0 aliphatic rings. The van der Waals surface area contributed by atoms with Gasteiger partial charge in [-0.1, -0.05) is 19.8 Å². The Morgan fingerprint density at radius 1 is 0.846 bits per heavy atom. The standard InChI is InChI=1S/C10H24N3/c1-2-3-4-7-12-8-5-9-13-10-6-11/h12-13H,1-11H2. The zero-order valence-corrected chi connectivity index (χ0v) is 8.65. The molecule has 0 aromatic rings. The largest absolute Gasteiger partial charge is 0.329 e. The van der Waals surface area contributed by atoms with Crippen LogP contribution in [0.15, 0.2) is 0 Å². The van der Waals surface area contributed by atoms with Crippen molar-refractivity contribution in [3.05, 3.63) is 6.92 Å². The molecule has 0 fully saturated rings. The van der Waals surface area contributed by atoms with Crippen LogP contribution in [-0.2, 0) is 0 Å². The van der Waals surface area contributed by atoms with Gasteiger partial charge in [-0.3, -0.25) is 0 Å². The monoisotopic (exact) mass is 186 g/mol. The van der Waals surface area contributed by atoms with Crippen LogP contribution in [-0.4, -0.2) is 32.7 Å². The van der Waals surface area contributed by atoms with Crippen molar-refractivity contribution in [2.75, 3.05) is 32.7 Å². The molecule has 3 heteroatoms. The van der Waals surface area contributed by atoms with E-state index in [1.54, 1.807) is 0 Å². The van der Waals surface area contributed by atoms with Crippen molar-refractivity contribution in [3.8, 4) is 0 Å². The van der Waals surface area contributed by atoms with Crippen molar-refractivity contribution in [3.63, 3.8) is 0 Å². The molecule has 1 radical (unpaired) electrons. The predicted octanol–water partition coefficient (Wildman–Crippen LogP) is 0.519. The van der Waals surface area contributed by atoms with Gasteiger partial charge in [0.1, 0.15) is 0 Å². The van der Waals surface area contributed by atoms with Gasteiger partial charge in [0.15, 0.2) is 0 Å². The highest BCUT2D eigenvalue weighted by molar-refractivity contribution is 4.53. The van der Waals surface area contributed by atoms with Crippen LogP contribution < -0.4 is 16.4 Å². The summed E-state index contributed by atoms with van der Waals surface area (Å²) >= 11 is 0. The third-order valence-corrected chi connectivity index (χ3v) is 1.88. The van der Waals surface area contributed by atoms with Crippen LogP contribution in [0.4, 0.5) is 0 Å². The van der Waals surface area contributed by atoms with Gasteiger partial charge in [-0.05, 0) is 32.5 Å². The first kappa shape index (κ1) is 12.9. The summed E-state index contributed by atoms with van der Waals surface area (Å²) < 4.78 is 0. The summed E-state index contributed by atoms with van der Waals surface area (Å²) in [7, 11) is 0. The topological polar surface area (TPSA) is 50.1 Å². The van der Waals surface area contributed by atoms with Crippen LogP contribution in [0.2, 0.25) is 0 Å². The number of hydrogen-bond donors (Lipinski definition) is 3. The Morgan fingerprint density at radius 3 is 2.08 bits per heavy atom. The highest BCUT2D eigenvalue weighted by Gasteiger charge is 1.88. The summed E-state index contributed by atoms with van der Waals surface area (Å²) in [6.45, 7) is 8.78. The van der Waals surface area contributed by atoms with Gasteiger partial charge < -0.3 is 16.4 Å². The molecule has 0 unspecified atom stereocenters. The lowest BCUT2D eigenvalue weighted by atomic mass is 10.2. The van der Waals surface area contributed by atoms with E-state index in [9.17, 15) is 0 Å². The summed E-state index contributed by atoms with van der Waals surface area (Å²) in [6.07, 6.45) is 4.72. The van der Waals surface area contributed by atoms with Crippen LogP contribution in [0.5, 0.6) is 0 Å². The highest BCUT2D eigenvalue weighted by Crippen LogP contribution is 1.90. The van der Waals surface area contributed by atoms with Gasteiger partial charge in [-0.25, -0.2) is 0 Å². The maximum atomic E-state index is 5.34. The average molecular weight is 186 g/mol. The van der Waals surface area contributed by atoms with Crippen molar-refractivity contribution in [2.45, 2.75) is 25.7 Å². The summed E-state index contributed by atoms with van der Waals surface area (Å²) in [5.74, 6) is 0. The molecule has 79 valence electrons. The molecule has 0 amide bonds. The first-order valence-electron chi connectivity index (χ1n) is 5.32. The van der Waals surface area contributed by atoms with Gasteiger partial charge in [0.25, 0.3) is 0 Å².